The molecule has 5 nitrogen and oxygen atoms in total. The molecule has 2 unspecified atom stereocenters. The Kier molecular flexibility index (Phi) is 5.60. The molecule has 31 heavy (non-hydrogen) atoms. The number of fused-ring (bicyclic) bond motifs is 1. The van der Waals surface area contributed by atoms with Gasteiger partial charge in [0, 0.05) is 31.4 Å². The van der Waals surface area contributed by atoms with Gasteiger partial charge >= 0.3 is 0 Å². The number of hydrogen-bond acceptors (Lipinski definition) is 4. The summed E-state index contributed by atoms with van der Waals surface area (Å²) in [6, 6.07) is 8.54. The third-order valence-electron chi connectivity index (χ3n) is 5.83. The molecule has 2 atom stereocenters. The average molecular weight is 463 g/mol. The van der Waals surface area contributed by atoms with Crippen molar-refractivity contribution in [3.63, 3.8) is 0 Å². The summed E-state index contributed by atoms with van der Waals surface area (Å²) in [5.41, 5.74) is 0.197. The topological polar surface area (TPSA) is 59.4 Å². The van der Waals surface area contributed by atoms with Gasteiger partial charge in [-0.3, -0.25) is 4.79 Å². The van der Waals surface area contributed by atoms with Crippen LogP contribution < -0.4 is 10.3 Å². The Bertz CT molecular complexity index is 1330. The maximum Gasteiger partial charge on any atom is 0.211 e. The van der Waals surface area contributed by atoms with Crippen LogP contribution in [-0.2, 0) is 16.9 Å². The number of benzene rings is 2. The normalized spacial score (nSPS) is 19.7. The minimum atomic E-state index is -4.11. The maximum atomic E-state index is 15.1. The molecule has 1 saturated heterocycles. The lowest BCUT2D eigenvalue weighted by molar-refractivity contribution is 0.354. The lowest BCUT2D eigenvalue weighted by atomic mass is 9.91. The van der Waals surface area contributed by atoms with Crippen molar-refractivity contribution in [3.8, 4) is 0 Å². The van der Waals surface area contributed by atoms with Gasteiger partial charge in [-0.25, -0.2) is 12.8 Å². The van der Waals surface area contributed by atoms with Crippen LogP contribution in [0.3, 0.4) is 0 Å². The second-order valence-electron chi connectivity index (χ2n) is 8.57. The van der Waals surface area contributed by atoms with Crippen LogP contribution in [0.5, 0.6) is 0 Å². The molecule has 2 heterocycles. The van der Waals surface area contributed by atoms with Gasteiger partial charge < -0.3 is 9.47 Å². The summed E-state index contributed by atoms with van der Waals surface area (Å²) in [5.74, 6) is 0.351. The zero-order chi connectivity index (χ0) is 22.5. The minimum Gasteiger partial charge on any atom is -0.369 e. The number of piperidine rings is 1. The van der Waals surface area contributed by atoms with Crippen LogP contribution in [0.4, 0.5) is 10.1 Å². The molecule has 3 aromatic rings. The van der Waals surface area contributed by atoms with Crippen LogP contribution >= 0.6 is 11.6 Å². The Morgan fingerprint density at radius 2 is 1.77 bits per heavy atom. The molecule has 0 aliphatic carbocycles. The fraction of sp³-hybridized carbons (Fsp3) is 0.348. The molecule has 0 amide bonds. The van der Waals surface area contributed by atoms with Crippen LogP contribution in [0.25, 0.3) is 10.9 Å². The third kappa shape index (κ3) is 3.96. The number of halogens is 2. The Morgan fingerprint density at radius 1 is 1.10 bits per heavy atom. The Morgan fingerprint density at radius 3 is 2.42 bits per heavy atom. The molecule has 1 aromatic heterocycles. The van der Waals surface area contributed by atoms with E-state index in [9.17, 15) is 13.2 Å². The van der Waals surface area contributed by atoms with Crippen molar-refractivity contribution in [2.24, 2.45) is 18.9 Å². The smallest absolute Gasteiger partial charge is 0.211 e. The predicted molar refractivity (Wildman–Crippen MR) is 121 cm³/mol. The van der Waals surface area contributed by atoms with E-state index in [4.69, 9.17) is 11.6 Å². The minimum absolute atomic E-state index is 0.0324. The summed E-state index contributed by atoms with van der Waals surface area (Å²) >= 11 is 5.93. The first-order valence-corrected chi connectivity index (χ1v) is 12.0. The summed E-state index contributed by atoms with van der Waals surface area (Å²) < 4.78 is 42.9. The van der Waals surface area contributed by atoms with Crippen molar-refractivity contribution in [3.05, 3.63) is 63.7 Å². The third-order valence-corrected chi connectivity index (χ3v) is 7.81. The number of rotatable bonds is 3. The first kappa shape index (κ1) is 21.8. The molecular formula is C23H24ClFN2O3S. The number of pyridine rings is 1. The summed E-state index contributed by atoms with van der Waals surface area (Å²) in [7, 11) is -2.46. The molecule has 2 aromatic carbocycles. The molecule has 8 heteroatoms. The van der Waals surface area contributed by atoms with Gasteiger partial charge in [-0.1, -0.05) is 31.5 Å². The molecule has 4 rings (SSSR count). The monoisotopic (exact) mass is 462 g/mol. The SMILES string of the molecule is CC1CC(C)CN(c2cc3c(cc2F)c(=O)c(S(=O)(=O)c2cccc(Cl)c2)cn3C)C1. The fourth-order valence-corrected chi connectivity index (χ4v) is 6.22. The quantitative estimate of drug-likeness (QED) is 0.568. The largest absolute Gasteiger partial charge is 0.369 e. The van der Waals surface area contributed by atoms with Gasteiger partial charge in [-0.15, -0.1) is 0 Å². The first-order valence-electron chi connectivity index (χ1n) is 10.2. The summed E-state index contributed by atoms with van der Waals surface area (Å²) in [6.45, 7) is 5.76. The van der Waals surface area contributed by atoms with Crippen molar-refractivity contribution in [1.29, 1.82) is 0 Å². The van der Waals surface area contributed by atoms with E-state index in [1.54, 1.807) is 23.7 Å². The van der Waals surface area contributed by atoms with E-state index < -0.39 is 26.0 Å². The summed E-state index contributed by atoms with van der Waals surface area (Å²) in [6.07, 6.45) is 2.39. The molecule has 0 N–H and O–H groups in total. The highest BCUT2D eigenvalue weighted by molar-refractivity contribution is 7.91. The molecular weight excluding hydrogens is 439 g/mol. The number of aromatic nitrogens is 1. The van der Waals surface area contributed by atoms with Crippen LogP contribution in [-0.4, -0.2) is 26.1 Å². The lowest BCUT2D eigenvalue weighted by Crippen LogP contribution is -2.39. The van der Waals surface area contributed by atoms with E-state index in [2.05, 4.69) is 13.8 Å². The van der Waals surface area contributed by atoms with Gasteiger partial charge in [0.15, 0.2) is 0 Å². The molecule has 1 fully saturated rings. The van der Waals surface area contributed by atoms with Crippen molar-refractivity contribution in [2.45, 2.75) is 30.1 Å². The molecule has 0 spiro atoms. The van der Waals surface area contributed by atoms with Crippen molar-refractivity contribution >= 4 is 38.0 Å². The Hall–Kier alpha value is -2.38. The molecule has 0 saturated carbocycles. The first-order chi connectivity index (χ1) is 14.6. The van der Waals surface area contributed by atoms with E-state index in [0.717, 1.165) is 25.6 Å². The van der Waals surface area contributed by atoms with Crippen LogP contribution in [0.15, 0.2) is 57.2 Å². The van der Waals surface area contributed by atoms with Gasteiger partial charge in [0.25, 0.3) is 0 Å². The zero-order valence-electron chi connectivity index (χ0n) is 17.6. The zero-order valence-corrected chi connectivity index (χ0v) is 19.2. The summed E-state index contributed by atoms with van der Waals surface area (Å²) in [4.78, 5) is 14.6. The standard InChI is InChI=1S/C23H24ClFN2O3S/c1-14-7-15(2)12-27(11-14)21-10-20-18(9-19(21)25)23(28)22(13-26(20)3)31(29,30)17-6-4-5-16(24)8-17/h4-6,8-10,13-15H,7,11-12H2,1-3H3. The van der Waals surface area contributed by atoms with Gasteiger partial charge in [0.1, 0.15) is 10.7 Å². The van der Waals surface area contributed by atoms with E-state index in [-0.39, 0.29) is 15.3 Å². The Labute approximate surface area is 186 Å². The maximum absolute atomic E-state index is 15.1. The van der Waals surface area contributed by atoms with Gasteiger partial charge in [-0.2, -0.15) is 0 Å². The number of aryl methyl sites for hydroxylation is 1. The molecule has 1 aliphatic rings. The average Bonchev–Trinajstić information content (AvgIpc) is 2.69. The second kappa shape index (κ2) is 7.95. The van der Waals surface area contributed by atoms with Crippen molar-refractivity contribution in [1.82, 2.24) is 4.57 Å². The number of anilines is 1. The van der Waals surface area contributed by atoms with E-state index in [1.807, 2.05) is 4.90 Å². The van der Waals surface area contributed by atoms with E-state index in [0.29, 0.717) is 23.0 Å². The van der Waals surface area contributed by atoms with Crippen LogP contribution in [0.1, 0.15) is 20.3 Å². The highest BCUT2D eigenvalue weighted by Crippen LogP contribution is 2.31. The van der Waals surface area contributed by atoms with Gasteiger partial charge in [0.05, 0.1) is 21.5 Å². The van der Waals surface area contributed by atoms with E-state index >= 15 is 4.39 Å². The van der Waals surface area contributed by atoms with Crippen molar-refractivity contribution < 1.29 is 12.8 Å². The highest BCUT2D eigenvalue weighted by Gasteiger charge is 2.27. The van der Waals surface area contributed by atoms with E-state index in [1.165, 1.54) is 24.4 Å². The van der Waals surface area contributed by atoms with Crippen molar-refractivity contribution in [2.75, 3.05) is 18.0 Å². The number of nitrogens with zero attached hydrogens (tertiary/aromatic N) is 2. The predicted octanol–water partition coefficient (Wildman–Crippen LogP) is 4.65. The van der Waals surface area contributed by atoms with Crippen LogP contribution in [0.2, 0.25) is 5.02 Å². The van der Waals surface area contributed by atoms with Gasteiger partial charge in [-0.05, 0) is 48.6 Å². The molecule has 164 valence electrons. The van der Waals surface area contributed by atoms with Crippen LogP contribution in [0, 0.1) is 17.7 Å². The highest BCUT2D eigenvalue weighted by atomic mass is 35.5. The van der Waals surface area contributed by atoms with Gasteiger partial charge in [0.2, 0.25) is 15.3 Å². The summed E-state index contributed by atoms with van der Waals surface area (Å²) in [5, 5.41) is 0.282. The number of sulfone groups is 1. The lowest BCUT2D eigenvalue weighted by Gasteiger charge is -2.36. The second-order valence-corrected chi connectivity index (χ2v) is 10.9. The molecule has 0 bridgehead atoms. The Balaban J connectivity index is 1.88. The fourth-order valence-electron chi connectivity index (χ4n) is 4.52. The molecule has 0 radical (unpaired) electrons. The number of hydrogen-bond donors (Lipinski definition) is 0. The molecule has 1 aliphatic heterocycles.